The van der Waals surface area contributed by atoms with Crippen molar-refractivity contribution in [3.05, 3.63) is 169 Å². The molecule has 0 atom stereocenters. The van der Waals surface area contributed by atoms with Crippen LogP contribution in [-0.2, 0) is 5.41 Å². The van der Waals surface area contributed by atoms with Gasteiger partial charge in [-0.05, 0) is 124 Å². The van der Waals surface area contributed by atoms with E-state index in [1.165, 1.54) is 88.0 Å². The van der Waals surface area contributed by atoms with Crippen LogP contribution in [0.1, 0.15) is 25.0 Å². The lowest BCUT2D eigenvalue weighted by Crippen LogP contribution is -2.14. The summed E-state index contributed by atoms with van der Waals surface area (Å²) in [6.45, 7) is 4.74. The number of rotatable bonds is 3. The van der Waals surface area contributed by atoms with Crippen LogP contribution in [0.5, 0.6) is 0 Å². The molecule has 0 heteroatoms. The van der Waals surface area contributed by atoms with Crippen LogP contribution in [0.3, 0.4) is 0 Å². The molecule has 0 N–H and O–H groups in total. The van der Waals surface area contributed by atoms with Gasteiger partial charge < -0.3 is 0 Å². The first-order valence-electron chi connectivity index (χ1n) is 15.9. The van der Waals surface area contributed by atoms with Crippen molar-refractivity contribution in [3.8, 4) is 44.5 Å². The molecule has 9 rings (SSSR count). The molecule has 8 aromatic carbocycles. The van der Waals surface area contributed by atoms with Gasteiger partial charge in [0.1, 0.15) is 0 Å². The summed E-state index contributed by atoms with van der Waals surface area (Å²) >= 11 is 0. The van der Waals surface area contributed by atoms with Crippen LogP contribution in [0.15, 0.2) is 158 Å². The Morgan fingerprint density at radius 3 is 1.42 bits per heavy atom. The quantitative estimate of drug-likeness (QED) is 0.185. The highest BCUT2D eigenvalue weighted by atomic mass is 14.4. The Kier molecular flexibility index (Phi) is 5.64. The molecule has 0 bridgehead atoms. The van der Waals surface area contributed by atoms with Gasteiger partial charge in [-0.25, -0.2) is 0 Å². The highest BCUT2D eigenvalue weighted by molar-refractivity contribution is 6.26. The molecule has 1 aliphatic rings. The zero-order valence-corrected chi connectivity index (χ0v) is 25.5. The smallest absolute Gasteiger partial charge is 0.0159 e. The van der Waals surface area contributed by atoms with Gasteiger partial charge in [-0.15, -0.1) is 0 Å². The van der Waals surface area contributed by atoms with E-state index in [1.807, 2.05) is 0 Å². The van der Waals surface area contributed by atoms with E-state index in [1.54, 1.807) is 0 Å². The Labute approximate surface area is 264 Å². The molecule has 45 heavy (non-hydrogen) atoms. The van der Waals surface area contributed by atoms with E-state index in [9.17, 15) is 0 Å². The summed E-state index contributed by atoms with van der Waals surface area (Å²) in [6.07, 6.45) is 0. The summed E-state index contributed by atoms with van der Waals surface area (Å²) in [4.78, 5) is 0. The van der Waals surface area contributed by atoms with Crippen LogP contribution in [0, 0.1) is 0 Å². The Hall–Kier alpha value is -5.46. The van der Waals surface area contributed by atoms with E-state index < -0.39 is 0 Å². The summed E-state index contributed by atoms with van der Waals surface area (Å²) in [5.41, 5.74) is 12.9. The van der Waals surface area contributed by atoms with Gasteiger partial charge in [0, 0.05) is 5.41 Å². The highest BCUT2D eigenvalue weighted by Crippen LogP contribution is 2.51. The van der Waals surface area contributed by atoms with E-state index in [0.29, 0.717) is 0 Å². The van der Waals surface area contributed by atoms with Crippen LogP contribution in [-0.4, -0.2) is 0 Å². The maximum atomic E-state index is 2.49. The summed E-state index contributed by atoms with van der Waals surface area (Å²) in [6, 6.07) is 58.4. The molecule has 1 aliphatic carbocycles. The zero-order chi connectivity index (χ0) is 30.1. The molecular weight excluding hydrogens is 540 g/mol. The standard InChI is InChI=1S/C45H32/c1-45(2)43-20-12-11-19-38(43)42-27-40-36-18-10-9-17-35(36)39-26-31(21-22-37(39)41(40)28-44(42)45)34-24-32(29-13-5-3-6-14-29)23-33(25-34)30-15-7-4-8-16-30/h3-28H,1-2H3. The molecule has 0 saturated heterocycles. The largest absolute Gasteiger partial charge is 0.0622 e. The molecule has 0 spiro atoms. The number of hydrogen-bond acceptors (Lipinski definition) is 0. The predicted octanol–water partition coefficient (Wildman–Crippen LogP) is 12.5. The fourth-order valence-corrected chi connectivity index (χ4v) is 7.72. The molecule has 0 nitrogen and oxygen atoms in total. The predicted molar refractivity (Wildman–Crippen MR) is 193 cm³/mol. The molecule has 212 valence electrons. The fraction of sp³-hybridized carbons (Fsp3) is 0.0667. The second-order valence-electron chi connectivity index (χ2n) is 13.0. The van der Waals surface area contributed by atoms with Gasteiger partial charge in [0.25, 0.3) is 0 Å². The molecule has 0 unspecified atom stereocenters. The molecule has 8 aromatic rings. The van der Waals surface area contributed by atoms with Crippen LogP contribution in [0.25, 0.3) is 76.8 Å². The van der Waals surface area contributed by atoms with Gasteiger partial charge >= 0.3 is 0 Å². The van der Waals surface area contributed by atoms with Crippen molar-refractivity contribution < 1.29 is 0 Å². The lowest BCUT2D eigenvalue weighted by molar-refractivity contribution is 0.661. The summed E-state index contributed by atoms with van der Waals surface area (Å²) < 4.78 is 0. The lowest BCUT2D eigenvalue weighted by Gasteiger charge is -2.22. The maximum absolute atomic E-state index is 2.49. The molecular formula is C45H32. The van der Waals surface area contributed by atoms with Gasteiger partial charge in [0.15, 0.2) is 0 Å². The summed E-state index contributed by atoms with van der Waals surface area (Å²) in [5, 5.41) is 7.88. The van der Waals surface area contributed by atoms with Crippen molar-refractivity contribution in [2.45, 2.75) is 19.3 Å². The van der Waals surface area contributed by atoms with E-state index in [0.717, 1.165) is 0 Å². The van der Waals surface area contributed by atoms with Crippen molar-refractivity contribution in [1.82, 2.24) is 0 Å². The molecule has 0 radical (unpaired) electrons. The van der Waals surface area contributed by atoms with Gasteiger partial charge in [-0.2, -0.15) is 0 Å². The Morgan fingerprint density at radius 1 is 0.289 bits per heavy atom. The van der Waals surface area contributed by atoms with Crippen molar-refractivity contribution in [2.24, 2.45) is 0 Å². The minimum Gasteiger partial charge on any atom is -0.0622 e. The first-order chi connectivity index (χ1) is 22.1. The molecule has 0 aliphatic heterocycles. The topological polar surface area (TPSA) is 0 Å². The monoisotopic (exact) mass is 572 g/mol. The van der Waals surface area contributed by atoms with Crippen LogP contribution >= 0.6 is 0 Å². The van der Waals surface area contributed by atoms with E-state index in [-0.39, 0.29) is 5.41 Å². The lowest BCUT2D eigenvalue weighted by atomic mass is 9.81. The van der Waals surface area contributed by atoms with Crippen molar-refractivity contribution in [1.29, 1.82) is 0 Å². The fourth-order valence-electron chi connectivity index (χ4n) is 7.72. The van der Waals surface area contributed by atoms with Gasteiger partial charge in [-0.3, -0.25) is 0 Å². The number of benzene rings is 8. The van der Waals surface area contributed by atoms with Gasteiger partial charge in [-0.1, -0.05) is 135 Å². The molecule has 0 saturated carbocycles. The highest BCUT2D eigenvalue weighted by Gasteiger charge is 2.35. The number of fused-ring (bicyclic) bond motifs is 9. The maximum Gasteiger partial charge on any atom is 0.0159 e. The average Bonchev–Trinajstić information content (AvgIpc) is 3.33. The van der Waals surface area contributed by atoms with E-state index >= 15 is 0 Å². The van der Waals surface area contributed by atoms with Gasteiger partial charge in [0.2, 0.25) is 0 Å². The second kappa shape index (κ2) is 9.78. The third-order valence-electron chi connectivity index (χ3n) is 10.0. The van der Waals surface area contributed by atoms with Crippen molar-refractivity contribution in [2.75, 3.05) is 0 Å². The second-order valence-corrected chi connectivity index (χ2v) is 13.0. The minimum atomic E-state index is -0.0380. The molecule has 0 heterocycles. The zero-order valence-electron chi connectivity index (χ0n) is 25.5. The summed E-state index contributed by atoms with van der Waals surface area (Å²) in [7, 11) is 0. The molecule has 0 aromatic heterocycles. The SMILES string of the molecule is CC1(C)c2ccccc2-c2cc3c4ccccc4c4cc(-c5cc(-c6ccccc6)cc(-c6ccccc6)c5)ccc4c3cc21. The van der Waals surface area contributed by atoms with Crippen molar-refractivity contribution >= 4 is 32.3 Å². The van der Waals surface area contributed by atoms with E-state index in [2.05, 4.69) is 172 Å². The Balaban J connectivity index is 1.31. The normalized spacial score (nSPS) is 13.3. The van der Waals surface area contributed by atoms with Crippen LogP contribution < -0.4 is 0 Å². The van der Waals surface area contributed by atoms with Crippen LogP contribution in [0.4, 0.5) is 0 Å². The Bertz CT molecular complexity index is 2370. The third kappa shape index (κ3) is 3.99. The Morgan fingerprint density at radius 2 is 0.778 bits per heavy atom. The van der Waals surface area contributed by atoms with Gasteiger partial charge in [0.05, 0.1) is 0 Å². The minimum absolute atomic E-state index is 0.0380. The first kappa shape index (κ1) is 26.0. The first-order valence-corrected chi connectivity index (χ1v) is 15.9. The molecule has 0 fully saturated rings. The number of hydrogen-bond donors (Lipinski definition) is 0. The molecule has 0 amide bonds. The third-order valence-corrected chi connectivity index (χ3v) is 10.0. The van der Waals surface area contributed by atoms with E-state index in [4.69, 9.17) is 0 Å². The van der Waals surface area contributed by atoms with Crippen molar-refractivity contribution in [3.63, 3.8) is 0 Å². The summed E-state index contributed by atoms with van der Waals surface area (Å²) in [5.74, 6) is 0. The van der Waals surface area contributed by atoms with Crippen LogP contribution in [0.2, 0.25) is 0 Å². The average molecular weight is 573 g/mol.